The molecule has 0 unspecified atom stereocenters. The molecule has 8 aromatic carbocycles. The van der Waals surface area contributed by atoms with Crippen molar-refractivity contribution >= 4 is 75.1 Å². The molecule has 57 heavy (non-hydrogen) atoms. The van der Waals surface area contributed by atoms with Crippen LogP contribution >= 0.6 is 11.3 Å². The first-order valence-electron chi connectivity index (χ1n) is 19.1. The second-order valence-electron chi connectivity index (χ2n) is 14.4. The Kier molecular flexibility index (Phi) is 7.03. The van der Waals surface area contributed by atoms with Gasteiger partial charge in [0, 0.05) is 69.8 Å². The van der Waals surface area contributed by atoms with Crippen molar-refractivity contribution in [3.8, 4) is 45.5 Å². The Morgan fingerprint density at radius 2 is 0.684 bits per heavy atom. The third-order valence-corrected chi connectivity index (χ3v) is 12.4. The number of nitrogens with zero attached hydrogens (tertiary/aromatic N) is 5. The van der Waals surface area contributed by atoms with Gasteiger partial charge < -0.3 is 9.13 Å². The van der Waals surface area contributed by atoms with Gasteiger partial charge in [0.05, 0.1) is 22.1 Å². The molecule has 0 atom stereocenters. The van der Waals surface area contributed by atoms with Crippen molar-refractivity contribution in [2.75, 3.05) is 0 Å². The molecule has 0 radical (unpaired) electrons. The molecule has 0 fully saturated rings. The summed E-state index contributed by atoms with van der Waals surface area (Å²) in [6.45, 7) is 0. The molecule has 0 spiro atoms. The molecule has 0 amide bonds. The summed E-state index contributed by atoms with van der Waals surface area (Å²) in [4.78, 5) is 14.8. The van der Waals surface area contributed by atoms with Crippen LogP contribution in [0.2, 0.25) is 0 Å². The van der Waals surface area contributed by atoms with Crippen LogP contribution in [0.5, 0.6) is 0 Å². The normalized spacial score (nSPS) is 11.9. The van der Waals surface area contributed by atoms with Gasteiger partial charge in [-0.05, 0) is 60.7 Å². The van der Waals surface area contributed by atoms with Crippen LogP contribution in [0.15, 0.2) is 188 Å². The minimum absolute atomic E-state index is 0.642. The van der Waals surface area contributed by atoms with Gasteiger partial charge >= 0.3 is 0 Å². The molecule has 0 aliphatic carbocycles. The van der Waals surface area contributed by atoms with Gasteiger partial charge in [-0.2, -0.15) is 0 Å². The molecule has 0 bridgehead atoms. The van der Waals surface area contributed by atoms with Gasteiger partial charge in [0.2, 0.25) is 0 Å². The molecule has 0 aliphatic rings. The Bertz CT molecular complexity index is 3430. The zero-order valence-corrected chi connectivity index (χ0v) is 31.4. The lowest BCUT2D eigenvalue weighted by Crippen LogP contribution is -2.00. The van der Waals surface area contributed by atoms with Crippen LogP contribution in [-0.2, 0) is 0 Å². The second kappa shape index (κ2) is 12.6. The van der Waals surface area contributed by atoms with Gasteiger partial charge in [-0.15, -0.1) is 11.3 Å². The number of benzene rings is 8. The largest absolute Gasteiger partial charge is 0.309 e. The predicted octanol–water partition coefficient (Wildman–Crippen LogP) is 13.4. The first kappa shape index (κ1) is 31.9. The number of fused-ring (bicyclic) bond motifs is 11. The van der Waals surface area contributed by atoms with Gasteiger partial charge in [0.25, 0.3) is 0 Å². The minimum atomic E-state index is 0.642. The highest BCUT2D eigenvalue weighted by Gasteiger charge is 2.21. The highest BCUT2D eigenvalue weighted by atomic mass is 32.1. The summed E-state index contributed by atoms with van der Waals surface area (Å²) in [5.41, 5.74) is 9.90. The van der Waals surface area contributed by atoms with Crippen LogP contribution in [0.4, 0.5) is 0 Å². The summed E-state index contributed by atoms with van der Waals surface area (Å²) in [5, 5.41) is 7.70. The molecule has 4 aromatic heterocycles. The summed E-state index contributed by atoms with van der Waals surface area (Å²) in [7, 11) is 0. The van der Waals surface area contributed by atoms with E-state index in [1.54, 1.807) is 0 Å². The fourth-order valence-electron chi connectivity index (χ4n) is 8.63. The van der Waals surface area contributed by atoms with E-state index in [2.05, 4.69) is 137 Å². The van der Waals surface area contributed by atoms with E-state index in [0.717, 1.165) is 22.4 Å². The van der Waals surface area contributed by atoms with Gasteiger partial charge in [0.1, 0.15) is 0 Å². The third-order valence-electron chi connectivity index (χ3n) is 11.2. The summed E-state index contributed by atoms with van der Waals surface area (Å²) in [6.07, 6.45) is 0. The summed E-state index contributed by atoms with van der Waals surface area (Å²) in [5.74, 6) is 1.95. The second-order valence-corrected chi connectivity index (χ2v) is 15.4. The molecular formula is C51H31N5S. The fourth-order valence-corrected chi connectivity index (χ4v) is 10.0. The van der Waals surface area contributed by atoms with Crippen molar-refractivity contribution < 1.29 is 0 Å². The summed E-state index contributed by atoms with van der Waals surface area (Å²) < 4.78 is 7.43. The lowest BCUT2D eigenvalue weighted by Gasteiger charge is -2.11. The van der Waals surface area contributed by atoms with Gasteiger partial charge in [0.15, 0.2) is 17.5 Å². The molecule has 0 saturated carbocycles. The topological polar surface area (TPSA) is 48.5 Å². The van der Waals surface area contributed by atoms with E-state index < -0.39 is 0 Å². The maximum atomic E-state index is 4.98. The van der Waals surface area contributed by atoms with E-state index in [9.17, 15) is 0 Å². The lowest BCUT2D eigenvalue weighted by atomic mass is 10.1. The number of hydrogen-bond acceptors (Lipinski definition) is 4. The Balaban J connectivity index is 1.04. The number of rotatable bonds is 5. The predicted molar refractivity (Wildman–Crippen MR) is 238 cm³/mol. The van der Waals surface area contributed by atoms with Crippen molar-refractivity contribution in [3.05, 3.63) is 188 Å². The van der Waals surface area contributed by atoms with E-state index in [1.165, 1.54) is 69.5 Å². The Morgan fingerprint density at radius 3 is 1.16 bits per heavy atom. The van der Waals surface area contributed by atoms with Crippen molar-refractivity contribution in [2.45, 2.75) is 0 Å². The monoisotopic (exact) mass is 745 g/mol. The van der Waals surface area contributed by atoms with E-state index in [4.69, 9.17) is 15.0 Å². The summed E-state index contributed by atoms with van der Waals surface area (Å²) in [6, 6.07) is 66.4. The molecule has 5 nitrogen and oxygen atoms in total. The van der Waals surface area contributed by atoms with Crippen LogP contribution in [0.3, 0.4) is 0 Å². The molecule has 12 aromatic rings. The molecule has 0 N–H and O–H groups in total. The quantitative estimate of drug-likeness (QED) is 0.176. The highest BCUT2D eigenvalue weighted by molar-refractivity contribution is 7.27. The maximum absolute atomic E-state index is 4.98. The minimum Gasteiger partial charge on any atom is -0.309 e. The van der Waals surface area contributed by atoms with E-state index in [-0.39, 0.29) is 0 Å². The zero-order valence-electron chi connectivity index (χ0n) is 30.5. The molecule has 12 rings (SSSR count). The zero-order chi connectivity index (χ0) is 37.5. The molecule has 0 saturated heterocycles. The van der Waals surface area contributed by atoms with Crippen LogP contribution < -0.4 is 0 Å². The van der Waals surface area contributed by atoms with Gasteiger partial charge in [-0.1, -0.05) is 127 Å². The molecule has 6 heteroatoms. The van der Waals surface area contributed by atoms with Crippen LogP contribution in [0.25, 0.3) is 109 Å². The van der Waals surface area contributed by atoms with E-state index in [1.807, 2.05) is 72.0 Å². The standard InChI is InChI=1S/C51H31N5S/c1-4-14-32(15-5-1)49-52-50(33-16-6-2-7-17-33)54-51(53-49)34-24-26-36(27-25-34)56-42-23-13-11-21-40(42)46-44(56)31-29-38-37-28-30-43-45(47(37)57-48(38)46)39-20-10-12-22-41(39)55(43)35-18-8-3-9-19-35/h1-31H. The van der Waals surface area contributed by atoms with Gasteiger partial charge in [-0.3, -0.25) is 0 Å². The van der Waals surface area contributed by atoms with Crippen LogP contribution in [-0.4, -0.2) is 24.1 Å². The lowest BCUT2D eigenvalue weighted by molar-refractivity contribution is 1.07. The van der Waals surface area contributed by atoms with E-state index >= 15 is 0 Å². The van der Waals surface area contributed by atoms with Crippen molar-refractivity contribution in [1.82, 2.24) is 24.1 Å². The van der Waals surface area contributed by atoms with Crippen molar-refractivity contribution in [2.24, 2.45) is 0 Å². The SMILES string of the molecule is c1ccc(-c2nc(-c3ccccc3)nc(-c3ccc(-n4c5ccccc5c5c6sc7c(ccc8c7c7ccccc7n8-c7ccccc7)c6ccc54)cc3)n2)cc1. The Labute approximate surface area is 331 Å². The van der Waals surface area contributed by atoms with E-state index in [0.29, 0.717) is 17.5 Å². The van der Waals surface area contributed by atoms with Crippen LogP contribution in [0.1, 0.15) is 0 Å². The number of para-hydroxylation sites is 3. The van der Waals surface area contributed by atoms with Gasteiger partial charge in [-0.25, -0.2) is 15.0 Å². The average molecular weight is 746 g/mol. The Hall–Kier alpha value is -7.41. The molecule has 266 valence electrons. The third kappa shape index (κ3) is 4.91. The first-order chi connectivity index (χ1) is 28.3. The average Bonchev–Trinajstić information content (AvgIpc) is 3.95. The first-order valence-corrected chi connectivity index (χ1v) is 19.9. The molecular weight excluding hydrogens is 715 g/mol. The smallest absolute Gasteiger partial charge is 0.164 e. The summed E-state index contributed by atoms with van der Waals surface area (Å²) >= 11 is 1.92. The number of thiophene rings is 1. The maximum Gasteiger partial charge on any atom is 0.164 e. The highest BCUT2D eigenvalue weighted by Crippen LogP contribution is 2.47. The van der Waals surface area contributed by atoms with Crippen molar-refractivity contribution in [3.63, 3.8) is 0 Å². The fraction of sp³-hybridized carbons (Fsp3) is 0. The molecule has 4 heterocycles. The van der Waals surface area contributed by atoms with Crippen LogP contribution in [0, 0.1) is 0 Å². The molecule has 0 aliphatic heterocycles. The van der Waals surface area contributed by atoms with Crippen molar-refractivity contribution in [1.29, 1.82) is 0 Å². The number of aromatic nitrogens is 5. The Morgan fingerprint density at radius 1 is 0.298 bits per heavy atom. The number of hydrogen-bond donors (Lipinski definition) is 0.